The fourth-order valence-corrected chi connectivity index (χ4v) is 3.66. The van der Waals surface area contributed by atoms with E-state index in [4.69, 9.17) is 14.7 Å². The molecule has 120 valence electrons. The van der Waals surface area contributed by atoms with Crippen LogP contribution in [0.15, 0.2) is 22.7 Å². The van der Waals surface area contributed by atoms with Crippen molar-refractivity contribution in [3.63, 3.8) is 0 Å². The number of hydrogen-bond donors (Lipinski definition) is 0. The first-order valence-corrected chi connectivity index (χ1v) is 9.49. The third-order valence-electron chi connectivity index (χ3n) is 3.68. The van der Waals surface area contributed by atoms with Crippen LogP contribution in [0.1, 0.15) is 26.6 Å². The summed E-state index contributed by atoms with van der Waals surface area (Å²) in [6.45, 7) is 8.58. The van der Waals surface area contributed by atoms with Gasteiger partial charge in [-0.15, -0.1) is 0 Å². The minimum absolute atomic E-state index is 0.529. The summed E-state index contributed by atoms with van der Waals surface area (Å²) in [5.41, 5.74) is 3.09. The number of nitrogens with zero attached hydrogens (tertiary/aromatic N) is 3. The Morgan fingerprint density at radius 3 is 2.78 bits per heavy atom. The molecule has 0 amide bonds. The van der Waals surface area contributed by atoms with Crippen molar-refractivity contribution in [2.45, 2.75) is 33.9 Å². The van der Waals surface area contributed by atoms with E-state index in [2.05, 4.69) is 69.4 Å². The molecule has 0 bridgehead atoms. The van der Waals surface area contributed by atoms with Crippen molar-refractivity contribution in [2.75, 3.05) is 6.61 Å². The van der Waals surface area contributed by atoms with Crippen LogP contribution in [0.5, 0.6) is 0 Å². The summed E-state index contributed by atoms with van der Waals surface area (Å²) in [6.07, 6.45) is 0. The van der Waals surface area contributed by atoms with E-state index in [0.29, 0.717) is 19.1 Å². The molecule has 2 aromatic heterocycles. The standard InChI is InChI=1S/C17H19AsBrN3O/c1-4-23-9-14-21-15-16(22(14)8-10(2)3)12-6-5-11(19)7-13(12)20-17(15)18/h5-7,10H,4,8-9H2,1-3H3. The Hall–Kier alpha value is -0.902. The van der Waals surface area contributed by atoms with Gasteiger partial charge in [0.25, 0.3) is 0 Å². The molecule has 0 aliphatic rings. The third-order valence-corrected chi connectivity index (χ3v) is 4.83. The van der Waals surface area contributed by atoms with Crippen LogP contribution in [0.3, 0.4) is 0 Å². The Labute approximate surface area is 153 Å². The van der Waals surface area contributed by atoms with Gasteiger partial charge in [0.15, 0.2) is 0 Å². The van der Waals surface area contributed by atoms with E-state index in [1.54, 1.807) is 0 Å². The first-order valence-electron chi connectivity index (χ1n) is 7.76. The van der Waals surface area contributed by atoms with Crippen LogP contribution in [0.25, 0.3) is 21.9 Å². The molecule has 1 aromatic carbocycles. The maximum absolute atomic E-state index is 5.63. The van der Waals surface area contributed by atoms with Crippen LogP contribution in [0, 0.1) is 5.92 Å². The van der Waals surface area contributed by atoms with Crippen LogP contribution in [0.2, 0.25) is 0 Å². The topological polar surface area (TPSA) is 39.9 Å². The monoisotopic (exact) mass is 435 g/mol. The normalized spacial score (nSPS) is 11.9. The summed E-state index contributed by atoms with van der Waals surface area (Å²) in [6, 6.07) is 6.23. The predicted molar refractivity (Wildman–Crippen MR) is 98.3 cm³/mol. The van der Waals surface area contributed by atoms with Gasteiger partial charge in [0.05, 0.1) is 0 Å². The van der Waals surface area contributed by atoms with E-state index >= 15 is 0 Å². The number of halogens is 1. The SMILES string of the molecule is CCOCc1nc2c([As])nc3cc(Br)ccc3c2n1CC(C)C. The molecule has 0 aliphatic heterocycles. The Bertz CT molecular complexity index is 860. The molecule has 23 heavy (non-hydrogen) atoms. The maximum atomic E-state index is 5.63. The van der Waals surface area contributed by atoms with Gasteiger partial charge in [-0.05, 0) is 0 Å². The molecule has 3 aromatic rings. The average molecular weight is 436 g/mol. The summed E-state index contributed by atoms with van der Waals surface area (Å²) in [5, 5.41) is 1.13. The van der Waals surface area contributed by atoms with Gasteiger partial charge in [-0.25, -0.2) is 0 Å². The summed E-state index contributed by atoms with van der Waals surface area (Å²) < 4.78 is 9.86. The second kappa shape index (κ2) is 6.92. The van der Waals surface area contributed by atoms with E-state index in [-0.39, 0.29) is 0 Å². The molecular weight excluding hydrogens is 417 g/mol. The van der Waals surface area contributed by atoms with Gasteiger partial charge in [-0.3, -0.25) is 0 Å². The molecule has 0 atom stereocenters. The van der Waals surface area contributed by atoms with Crippen LogP contribution < -0.4 is 4.48 Å². The fraction of sp³-hybridized carbons (Fsp3) is 0.412. The predicted octanol–water partition coefficient (Wildman–Crippen LogP) is 3.33. The third kappa shape index (κ3) is 3.33. The second-order valence-corrected chi connectivity index (χ2v) is 7.77. The Morgan fingerprint density at radius 1 is 1.30 bits per heavy atom. The van der Waals surface area contributed by atoms with Gasteiger partial charge in [0.2, 0.25) is 0 Å². The van der Waals surface area contributed by atoms with Crippen molar-refractivity contribution in [1.29, 1.82) is 0 Å². The van der Waals surface area contributed by atoms with Gasteiger partial charge in [-0.1, -0.05) is 0 Å². The number of pyridine rings is 1. The minimum atomic E-state index is 0.529. The van der Waals surface area contributed by atoms with Crippen molar-refractivity contribution in [3.05, 3.63) is 28.5 Å². The summed E-state index contributed by atoms with van der Waals surface area (Å²) in [5.74, 6) is 1.50. The molecule has 0 N–H and O–H groups in total. The first-order chi connectivity index (χ1) is 11.0. The number of aromatic nitrogens is 3. The van der Waals surface area contributed by atoms with Crippen LogP contribution >= 0.6 is 15.9 Å². The van der Waals surface area contributed by atoms with Crippen molar-refractivity contribution in [2.24, 2.45) is 5.92 Å². The van der Waals surface area contributed by atoms with E-state index in [1.165, 1.54) is 0 Å². The number of fused-ring (bicyclic) bond motifs is 3. The van der Waals surface area contributed by atoms with Crippen molar-refractivity contribution >= 4 is 59.2 Å². The number of ether oxygens (including phenoxy) is 1. The zero-order valence-corrected chi connectivity index (χ0v) is 17.0. The zero-order valence-electron chi connectivity index (χ0n) is 13.5. The molecule has 0 fully saturated rings. The van der Waals surface area contributed by atoms with Gasteiger partial charge < -0.3 is 0 Å². The number of hydrogen-bond acceptors (Lipinski definition) is 3. The molecule has 0 aliphatic carbocycles. The molecule has 6 heteroatoms. The van der Waals surface area contributed by atoms with Crippen LogP contribution in [-0.4, -0.2) is 38.0 Å². The van der Waals surface area contributed by atoms with Crippen molar-refractivity contribution in [3.8, 4) is 0 Å². The van der Waals surface area contributed by atoms with E-state index in [9.17, 15) is 0 Å². The Kier molecular flexibility index (Phi) is 5.10. The van der Waals surface area contributed by atoms with Crippen LogP contribution in [-0.2, 0) is 17.9 Å². The quantitative estimate of drug-likeness (QED) is 0.577. The number of rotatable bonds is 5. The van der Waals surface area contributed by atoms with Crippen molar-refractivity contribution < 1.29 is 4.74 Å². The molecule has 4 nitrogen and oxygen atoms in total. The molecule has 0 saturated heterocycles. The molecule has 0 spiro atoms. The summed E-state index contributed by atoms with van der Waals surface area (Å²) in [7, 11) is 0. The molecule has 2 heterocycles. The van der Waals surface area contributed by atoms with Gasteiger partial charge in [0, 0.05) is 0 Å². The zero-order chi connectivity index (χ0) is 16.6. The number of benzene rings is 1. The summed E-state index contributed by atoms with van der Waals surface area (Å²) >= 11 is 6.08. The van der Waals surface area contributed by atoms with Crippen molar-refractivity contribution in [1.82, 2.24) is 14.5 Å². The molecule has 0 saturated carbocycles. The van der Waals surface area contributed by atoms with E-state index in [0.717, 1.165) is 43.3 Å². The van der Waals surface area contributed by atoms with Gasteiger partial charge in [-0.2, -0.15) is 0 Å². The van der Waals surface area contributed by atoms with Gasteiger partial charge in [0.1, 0.15) is 0 Å². The van der Waals surface area contributed by atoms with E-state index < -0.39 is 0 Å². The van der Waals surface area contributed by atoms with Crippen LogP contribution in [0.4, 0.5) is 0 Å². The Morgan fingerprint density at radius 2 is 2.09 bits per heavy atom. The second-order valence-electron chi connectivity index (χ2n) is 5.96. The average Bonchev–Trinajstić information content (AvgIpc) is 2.84. The Balaban J connectivity index is 2.33. The first kappa shape index (κ1) is 16.9. The fourth-order valence-electron chi connectivity index (χ4n) is 2.76. The molecule has 3 rings (SSSR count). The molecule has 0 unspecified atom stereocenters. The molecule has 2 radical (unpaired) electrons. The van der Waals surface area contributed by atoms with E-state index in [1.807, 2.05) is 6.92 Å². The number of imidazole rings is 1. The molecular formula is C17H19AsBrN3O. The summed E-state index contributed by atoms with van der Waals surface area (Å²) in [4.78, 5) is 9.53. The van der Waals surface area contributed by atoms with Gasteiger partial charge >= 0.3 is 153 Å².